The third-order valence-electron chi connectivity index (χ3n) is 5.97. The number of primary amides is 1. The fourth-order valence-corrected chi connectivity index (χ4v) is 4.18. The van der Waals surface area contributed by atoms with Crippen LogP contribution >= 0.6 is 11.6 Å². The number of hydrogen-bond donors (Lipinski definition) is 2. The summed E-state index contributed by atoms with van der Waals surface area (Å²) in [4.78, 5) is 49.6. The Kier molecular flexibility index (Phi) is 7.78. The van der Waals surface area contributed by atoms with Gasteiger partial charge >= 0.3 is 5.97 Å². The summed E-state index contributed by atoms with van der Waals surface area (Å²) in [5, 5.41) is 3.74. The minimum Gasteiger partial charge on any atom is -0.497 e. The van der Waals surface area contributed by atoms with Crippen molar-refractivity contribution in [2.75, 3.05) is 19.0 Å². The maximum Gasteiger partial charge on any atom is 0.310 e. The number of halogens is 1. The van der Waals surface area contributed by atoms with Crippen LogP contribution in [0, 0.1) is 6.92 Å². The van der Waals surface area contributed by atoms with Gasteiger partial charge in [0.25, 0.3) is 11.8 Å². The van der Waals surface area contributed by atoms with E-state index >= 15 is 0 Å². The van der Waals surface area contributed by atoms with E-state index in [0.29, 0.717) is 49.7 Å². The molecule has 9 nitrogen and oxygen atoms in total. The molecule has 0 bridgehead atoms. The third-order valence-corrected chi connectivity index (χ3v) is 6.23. The molecule has 0 saturated heterocycles. The maximum absolute atomic E-state index is 13.4. The molecule has 0 spiro atoms. The second-order valence-corrected chi connectivity index (χ2v) is 8.86. The molecule has 38 heavy (non-hydrogen) atoms. The molecule has 3 N–H and O–H groups in total. The molecule has 10 heteroatoms. The molecule has 4 aromatic rings. The summed E-state index contributed by atoms with van der Waals surface area (Å²) in [5.41, 5.74) is 8.10. The number of carbonyl (C=O) groups excluding carboxylic acids is 4. The number of rotatable bonds is 8. The number of nitrogens with zero attached hydrogens (tertiary/aromatic N) is 1. The van der Waals surface area contributed by atoms with Crippen molar-refractivity contribution in [1.29, 1.82) is 0 Å². The first-order chi connectivity index (χ1) is 18.2. The van der Waals surface area contributed by atoms with Gasteiger partial charge in [0, 0.05) is 32.9 Å². The number of fused-ring (bicyclic) bond motifs is 1. The van der Waals surface area contributed by atoms with Gasteiger partial charge < -0.3 is 20.5 Å². The van der Waals surface area contributed by atoms with E-state index < -0.39 is 24.4 Å². The molecule has 0 aliphatic heterocycles. The summed E-state index contributed by atoms with van der Waals surface area (Å²) in [5.74, 6) is -1.50. The smallest absolute Gasteiger partial charge is 0.310 e. The first kappa shape index (κ1) is 26.4. The van der Waals surface area contributed by atoms with E-state index in [1.165, 1.54) is 35.9 Å². The molecule has 3 aromatic carbocycles. The Morgan fingerprint density at radius 1 is 0.947 bits per heavy atom. The van der Waals surface area contributed by atoms with Crippen LogP contribution in [0.15, 0.2) is 66.7 Å². The van der Waals surface area contributed by atoms with Crippen LogP contribution in [0.4, 0.5) is 5.69 Å². The average Bonchev–Trinajstić information content (AvgIpc) is 3.17. The molecule has 0 saturated carbocycles. The van der Waals surface area contributed by atoms with Crippen molar-refractivity contribution in [2.45, 2.75) is 13.3 Å². The summed E-state index contributed by atoms with van der Waals surface area (Å²) < 4.78 is 12.1. The lowest BCUT2D eigenvalue weighted by atomic mass is 10.1. The Morgan fingerprint density at radius 2 is 1.61 bits per heavy atom. The highest BCUT2D eigenvalue weighted by molar-refractivity contribution is 6.30. The zero-order valence-electron chi connectivity index (χ0n) is 20.6. The fourth-order valence-electron chi connectivity index (χ4n) is 4.05. The Balaban J connectivity index is 1.52. The number of hydrogen-bond acceptors (Lipinski definition) is 6. The molecule has 2 amide bonds. The summed E-state index contributed by atoms with van der Waals surface area (Å²) in [6.45, 7) is 1.23. The van der Waals surface area contributed by atoms with E-state index in [2.05, 4.69) is 5.32 Å². The molecule has 0 radical (unpaired) electrons. The summed E-state index contributed by atoms with van der Waals surface area (Å²) in [6, 6.07) is 17.7. The van der Waals surface area contributed by atoms with E-state index in [-0.39, 0.29) is 12.3 Å². The lowest BCUT2D eigenvalue weighted by Crippen LogP contribution is -2.22. The van der Waals surface area contributed by atoms with Crippen molar-refractivity contribution < 1.29 is 28.7 Å². The van der Waals surface area contributed by atoms with Gasteiger partial charge in [-0.3, -0.25) is 23.7 Å². The van der Waals surface area contributed by atoms with Gasteiger partial charge in [0.1, 0.15) is 5.75 Å². The number of nitrogens with two attached hydrogens (primary N) is 1. The van der Waals surface area contributed by atoms with Crippen molar-refractivity contribution in [2.24, 2.45) is 5.73 Å². The zero-order chi connectivity index (χ0) is 27.4. The van der Waals surface area contributed by atoms with Gasteiger partial charge in [0.2, 0.25) is 5.91 Å². The average molecular weight is 534 g/mol. The first-order valence-corrected chi connectivity index (χ1v) is 11.9. The van der Waals surface area contributed by atoms with Crippen molar-refractivity contribution in [1.82, 2.24) is 4.57 Å². The van der Waals surface area contributed by atoms with E-state index in [9.17, 15) is 19.2 Å². The predicted molar refractivity (Wildman–Crippen MR) is 143 cm³/mol. The van der Waals surface area contributed by atoms with Crippen LogP contribution in [-0.4, -0.2) is 42.0 Å². The topological polar surface area (TPSA) is 130 Å². The van der Waals surface area contributed by atoms with Crippen LogP contribution in [0.25, 0.3) is 10.9 Å². The molecule has 0 fully saturated rings. The number of anilines is 1. The highest BCUT2D eigenvalue weighted by atomic mass is 35.5. The van der Waals surface area contributed by atoms with Crippen LogP contribution in [0.2, 0.25) is 5.02 Å². The number of ether oxygens (including phenoxy) is 2. The molecular formula is C28H24ClN3O6. The van der Waals surface area contributed by atoms with Crippen LogP contribution in [0.3, 0.4) is 0 Å². The van der Waals surface area contributed by atoms with E-state index in [0.717, 1.165) is 0 Å². The largest absolute Gasteiger partial charge is 0.497 e. The Bertz CT molecular complexity index is 1540. The van der Waals surface area contributed by atoms with Gasteiger partial charge in [-0.25, -0.2) is 0 Å². The number of amides is 2. The SMILES string of the molecule is COc1ccc2c(c1)c(CC(=O)OCC(=O)Nc1ccc(C(N)=O)cc1)c(C)n2C(=O)c1ccc(Cl)cc1. The Morgan fingerprint density at radius 3 is 2.24 bits per heavy atom. The highest BCUT2D eigenvalue weighted by Crippen LogP contribution is 2.31. The Labute approximate surface area is 223 Å². The summed E-state index contributed by atoms with van der Waals surface area (Å²) >= 11 is 5.97. The zero-order valence-corrected chi connectivity index (χ0v) is 21.4. The number of carbonyl (C=O) groups is 4. The van der Waals surface area contributed by atoms with Crippen molar-refractivity contribution >= 4 is 51.9 Å². The van der Waals surface area contributed by atoms with E-state index in [4.69, 9.17) is 26.8 Å². The predicted octanol–water partition coefficient (Wildman–Crippen LogP) is 4.12. The van der Waals surface area contributed by atoms with Gasteiger partial charge in [-0.05, 0) is 79.2 Å². The number of nitrogens with one attached hydrogen (secondary N) is 1. The number of esters is 1. The highest BCUT2D eigenvalue weighted by Gasteiger charge is 2.23. The van der Waals surface area contributed by atoms with Gasteiger partial charge in [0.15, 0.2) is 6.61 Å². The molecule has 194 valence electrons. The van der Waals surface area contributed by atoms with E-state index in [1.807, 2.05) is 0 Å². The number of aromatic nitrogens is 1. The van der Waals surface area contributed by atoms with Crippen molar-refractivity contribution in [3.8, 4) is 5.75 Å². The van der Waals surface area contributed by atoms with Crippen LogP contribution < -0.4 is 15.8 Å². The number of benzene rings is 3. The molecule has 0 atom stereocenters. The maximum atomic E-state index is 13.4. The molecular weight excluding hydrogens is 510 g/mol. The second kappa shape index (κ2) is 11.2. The van der Waals surface area contributed by atoms with Crippen LogP contribution in [0.1, 0.15) is 32.0 Å². The second-order valence-electron chi connectivity index (χ2n) is 8.42. The molecule has 0 unspecified atom stereocenters. The van der Waals surface area contributed by atoms with Crippen LogP contribution in [0.5, 0.6) is 5.75 Å². The normalized spacial score (nSPS) is 10.7. The van der Waals surface area contributed by atoms with E-state index in [1.54, 1.807) is 49.4 Å². The minimum absolute atomic E-state index is 0.170. The molecule has 4 rings (SSSR count). The monoisotopic (exact) mass is 533 g/mol. The first-order valence-electron chi connectivity index (χ1n) is 11.5. The Hall–Kier alpha value is -4.63. The third kappa shape index (κ3) is 5.68. The van der Waals surface area contributed by atoms with Gasteiger partial charge in [-0.1, -0.05) is 11.6 Å². The fraction of sp³-hybridized carbons (Fsp3) is 0.143. The van der Waals surface area contributed by atoms with Crippen LogP contribution in [-0.2, 0) is 20.7 Å². The summed E-state index contributed by atoms with van der Waals surface area (Å²) in [7, 11) is 1.53. The standard InChI is InChI=1S/C28H24ClN3O6/c1-16-22(14-26(34)38-15-25(33)31-20-9-5-17(6-10-20)27(30)35)23-13-21(37-2)11-12-24(23)32(16)28(36)18-3-7-19(29)8-4-18/h3-13H,14-15H2,1-2H3,(H2,30,35)(H,31,33). The minimum atomic E-state index is -0.645. The summed E-state index contributed by atoms with van der Waals surface area (Å²) in [6.07, 6.45) is -0.170. The molecule has 1 heterocycles. The lowest BCUT2D eigenvalue weighted by Gasteiger charge is -2.09. The number of methoxy groups -OCH3 is 1. The van der Waals surface area contributed by atoms with Crippen molar-refractivity contribution in [3.05, 3.63) is 94.1 Å². The lowest BCUT2D eigenvalue weighted by molar-refractivity contribution is -0.146. The quantitative estimate of drug-likeness (QED) is 0.328. The molecule has 0 aliphatic carbocycles. The molecule has 0 aliphatic rings. The van der Waals surface area contributed by atoms with Crippen molar-refractivity contribution in [3.63, 3.8) is 0 Å². The van der Waals surface area contributed by atoms with Gasteiger partial charge in [-0.2, -0.15) is 0 Å². The van der Waals surface area contributed by atoms with Gasteiger partial charge in [0.05, 0.1) is 19.0 Å². The molecule has 1 aromatic heterocycles. The van der Waals surface area contributed by atoms with Gasteiger partial charge in [-0.15, -0.1) is 0 Å².